The Morgan fingerprint density at radius 3 is 2.85 bits per heavy atom. The van der Waals surface area contributed by atoms with E-state index in [-0.39, 0.29) is 5.91 Å². The highest BCUT2D eigenvalue weighted by atomic mass is 32.1. The van der Waals surface area contributed by atoms with Crippen LogP contribution in [0.25, 0.3) is 10.1 Å². The normalized spacial score (nSPS) is 11.2. The largest absolute Gasteiger partial charge is 0.397 e. The van der Waals surface area contributed by atoms with Crippen LogP contribution in [0.3, 0.4) is 0 Å². The van der Waals surface area contributed by atoms with Crippen molar-refractivity contribution in [1.82, 2.24) is 10.2 Å². The fourth-order valence-corrected chi connectivity index (χ4v) is 3.10. The van der Waals surface area contributed by atoms with Gasteiger partial charge in [-0.25, -0.2) is 0 Å². The molecule has 0 radical (unpaired) electrons. The van der Waals surface area contributed by atoms with Crippen LogP contribution in [0.1, 0.15) is 21.7 Å². The number of anilines is 1. The van der Waals surface area contributed by atoms with Gasteiger partial charge in [0.05, 0.1) is 5.69 Å². The van der Waals surface area contributed by atoms with Gasteiger partial charge in [-0.15, -0.1) is 11.3 Å². The zero-order chi connectivity index (χ0) is 14.7. The van der Waals surface area contributed by atoms with Gasteiger partial charge in [0.25, 0.3) is 5.91 Å². The number of nitrogens with zero attached hydrogens (tertiary/aromatic N) is 1. The van der Waals surface area contributed by atoms with E-state index in [1.807, 2.05) is 39.2 Å². The minimum atomic E-state index is -0.0693. The number of nitrogen functional groups attached to an aromatic ring is 1. The second-order valence-corrected chi connectivity index (χ2v) is 6.31. The first-order chi connectivity index (χ1) is 9.49. The molecule has 1 heterocycles. The molecule has 1 amide bonds. The maximum Gasteiger partial charge on any atom is 0.263 e. The van der Waals surface area contributed by atoms with E-state index in [1.54, 1.807) is 0 Å². The zero-order valence-electron chi connectivity index (χ0n) is 12.2. The topological polar surface area (TPSA) is 58.4 Å². The van der Waals surface area contributed by atoms with Crippen LogP contribution >= 0.6 is 11.3 Å². The SMILES string of the molecule is Cc1ccc2sc(C(=O)NCCCN(C)C)c(N)c2c1. The minimum Gasteiger partial charge on any atom is -0.397 e. The molecule has 3 N–H and O–H groups in total. The van der Waals surface area contributed by atoms with E-state index < -0.39 is 0 Å². The molecular weight excluding hydrogens is 270 g/mol. The lowest BCUT2D eigenvalue weighted by Crippen LogP contribution is -2.27. The van der Waals surface area contributed by atoms with Crippen molar-refractivity contribution in [2.24, 2.45) is 0 Å². The molecule has 2 rings (SSSR count). The molecule has 0 aliphatic carbocycles. The molecule has 108 valence electrons. The van der Waals surface area contributed by atoms with Crippen molar-refractivity contribution in [3.63, 3.8) is 0 Å². The van der Waals surface area contributed by atoms with Gasteiger partial charge in [-0.3, -0.25) is 4.79 Å². The highest BCUT2D eigenvalue weighted by molar-refractivity contribution is 7.21. The van der Waals surface area contributed by atoms with Crippen molar-refractivity contribution in [2.75, 3.05) is 32.9 Å². The summed E-state index contributed by atoms with van der Waals surface area (Å²) in [5.41, 5.74) is 7.85. The predicted molar refractivity (Wildman–Crippen MR) is 86.5 cm³/mol. The van der Waals surface area contributed by atoms with Gasteiger partial charge >= 0.3 is 0 Å². The molecule has 0 atom stereocenters. The number of benzene rings is 1. The fraction of sp³-hybridized carbons (Fsp3) is 0.400. The first-order valence-corrected chi connectivity index (χ1v) is 7.52. The molecule has 0 unspecified atom stereocenters. The van der Waals surface area contributed by atoms with Gasteiger partial charge in [-0.1, -0.05) is 11.6 Å². The van der Waals surface area contributed by atoms with Crippen molar-refractivity contribution in [3.8, 4) is 0 Å². The summed E-state index contributed by atoms with van der Waals surface area (Å²) in [5.74, 6) is -0.0693. The Morgan fingerprint density at radius 1 is 1.40 bits per heavy atom. The molecule has 1 aromatic heterocycles. The van der Waals surface area contributed by atoms with Crippen LogP contribution in [0.4, 0.5) is 5.69 Å². The highest BCUT2D eigenvalue weighted by Crippen LogP contribution is 2.34. The summed E-state index contributed by atoms with van der Waals surface area (Å²) in [4.78, 5) is 14.9. The number of amides is 1. The number of carbonyl (C=O) groups is 1. The van der Waals surface area contributed by atoms with Crippen LogP contribution < -0.4 is 11.1 Å². The second-order valence-electron chi connectivity index (χ2n) is 5.26. The maximum atomic E-state index is 12.2. The summed E-state index contributed by atoms with van der Waals surface area (Å²) in [7, 11) is 4.04. The Labute approximate surface area is 123 Å². The molecule has 1 aromatic carbocycles. The number of hydrogen-bond acceptors (Lipinski definition) is 4. The Bertz CT molecular complexity index is 619. The van der Waals surface area contributed by atoms with Crippen molar-refractivity contribution < 1.29 is 4.79 Å². The number of aryl methyl sites for hydroxylation is 1. The molecule has 20 heavy (non-hydrogen) atoms. The van der Waals surface area contributed by atoms with Gasteiger partial charge in [0.1, 0.15) is 4.88 Å². The zero-order valence-corrected chi connectivity index (χ0v) is 13.0. The van der Waals surface area contributed by atoms with Gasteiger partial charge in [0, 0.05) is 16.6 Å². The first kappa shape index (κ1) is 14.8. The van der Waals surface area contributed by atoms with Gasteiger partial charge in [-0.2, -0.15) is 0 Å². The number of thiophene rings is 1. The monoisotopic (exact) mass is 291 g/mol. The third kappa shape index (κ3) is 3.29. The van der Waals surface area contributed by atoms with Gasteiger partial charge in [0.15, 0.2) is 0 Å². The van der Waals surface area contributed by atoms with E-state index in [0.29, 0.717) is 17.1 Å². The third-order valence-corrected chi connectivity index (χ3v) is 4.34. The molecule has 0 saturated carbocycles. The van der Waals surface area contributed by atoms with Crippen LogP contribution in [0.15, 0.2) is 18.2 Å². The lowest BCUT2D eigenvalue weighted by atomic mass is 10.1. The van der Waals surface area contributed by atoms with Gasteiger partial charge in [-0.05, 0) is 46.1 Å². The molecule has 2 aromatic rings. The number of rotatable bonds is 5. The van der Waals surface area contributed by atoms with E-state index in [1.165, 1.54) is 11.3 Å². The van der Waals surface area contributed by atoms with Crippen molar-refractivity contribution in [1.29, 1.82) is 0 Å². The molecular formula is C15H21N3OS. The molecule has 0 aliphatic rings. The lowest BCUT2D eigenvalue weighted by Gasteiger charge is -2.09. The maximum absolute atomic E-state index is 12.2. The number of nitrogens with one attached hydrogen (secondary N) is 1. The number of nitrogens with two attached hydrogens (primary N) is 1. The van der Waals surface area contributed by atoms with E-state index in [9.17, 15) is 4.79 Å². The number of hydrogen-bond donors (Lipinski definition) is 2. The number of carbonyl (C=O) groups excluding carboxylic acids is 1. The van der Waals surface area contributed by atoms with E-state index in [4.69, 9.17) is 5.73 Å². The van der Waals surface area contributed by atoms with Gasteiger partial charge in [0.2, 0.25) is 0 Å². The van der Waals surface area contributed by atoms with Crippen LogP contribution in [0, 0.1) is 6.92 Å². The summed E-state index contributed by atoms with van der Waals surface area (Å²) in [6.07, 6.45) is 0.933. The molecule has 4 nitrogen and oxygen atoms in total. The molecule has 0 aliphatic heterocycles. The third-order valence-electron chi connectivity index (χ3n) is 3.16. The average Bonchev–Trinajstić information content (AvgIpc) is 2.72. The molecule has 0 bridgehead atoms. The van der Waals surface area contributed by atoms with Crippen LogP contribution in [0.5, 0.6) is 0 Å². The van der Waals surface area contributed by atoms with E-state index in [0.717, 1.165) is 28.6 Å². The van der Waals surface area contributed by atoms with E-state index in [2.05, 4.69) is 10.2 Å². The molecule has 0 spiro atoms. The Hall–Kier alpha value is -1.59. The molecule has 0 saturated heterocycles. The van der Waals surface area contributed by atoms with Crippen molar-refractivity contribution >= 4 is 33.0 Å². The molecule has 5 heteroatoms. The van der Waals surface area contributed by atoms with Crippen LogP contribution in [-0.4, -0.2) is 38.0 Å². The minimum absolute atomic E-state index is 0.0693. The Morgan fingerprint density at radius 2 is 2.15 bits per heavy atom. The number of fused-ring (bicyclic) bond motifs is 1. The quantitative estimate of drug-likeness (QED) is 0.832. The second kappa shape index (κ2) is 6.24. The summed E-state index contributed by atoms with van der Waals surface area (Å²) in [6.45, 7) is 3.66. The van der Waals surface area contributed by atoms with E-state index >= 15 is 0 Å². The predicted octanol–water partition coefficient (Wildman–Crippen LogP) is 2.47. The van der Waals surface area contributed by atoms with Crippen LogP contribution in [0.2, 0.25) is 0 Å². The Kier molecular flexibility index (Phi) is 4.62. The van der Waals surface area contributed by atoms with Crippen molar-refractivity contribution in [3.05, 3.63) is 28.6 Å². The summed E-state index contributed by atoms with van der Waals surface area (Å²) in [6, 6.07) is 6.09. The summed E-state index contributed by atoms with van der Waals surface area (Å²) < 4.78 is 1.06. The average molecular weight is 291 g/mol. The Balaban J connectivity index is 2.08. The summed E-state index contributed by atoms with van der Waals surface area (Å²) >= 11 is 1.46. The highest BCUT2D eigenvalue weighted by Gasteiger charge is 2.15. The lowest BCUT2D eigenvalue weighted by molar-refractivity contribution is 0.0957. The standard InChI is InChI=1S/C15H21N3OS/c1-10-5-6-12-11(9-10)13(16)14(20-12)15(19)17-7-4-8-18(2)3/h5-6,9H,4,7-8,16H2,1-3H3,(H,17,19). The van der Waals surface area contributed by atoms with Crippen molar-refractivity contribution in [2.45, 2.75) is 13.3 Å². The summed E-state index contributed by atoms with van der Waals surface area (Å²) in [5, 5.41) is 3.92. The smallest absolute Gasteiger partial charge is 0.263 e. The van der Waals surface area contributed by atoms with Gasteiger partial charge < -0.3 is 16.0 Å². The first-order valence-electron chi connectivity index (χ1n) is 6.70. The van der Waals surface area contributed by atoms with Crippen LogP contribution in [-0.2, 0) is 0 Å². The fourth-order valence-electron chi connectivity index (χ4n) is 2.08. The molecule has 0 fully saturated rings.